The van der Waals surface area contributed by atoms with Crippen molar-refractivity contribution in [3.63, 3.8) is 0 Å². The first kappa shape index (κ1) is 27.7. The number of ether oxygens (including phenoxy) is 2. The van der Waals surface area contributed by atoms with E-state index in [9.17, 15) is 0 Å². The average molecular weight is 493 g/mol. The highest BCUT2D eigenvalue weighted by Gasteiger charge is 2.05. The molecule has 0 saturated carbocycles. The van der Waals surface area contributed by atoms with E-state index in [0.717, 1.165) is 63.7 Å². The highest BCUT2D eigenvalue weighted by atomic mass is 32.1. The molecule has 2 aromatic rings. The van der Waals surface area contributed by atoms with Gasteiger partial charge >= 0.3 is 0 Å². The second kappa shape index (κ2) is 16.1. The van der Waals surface area contributed by atoms with Crippen molar-refractivity contribution in [1.29, 1.82) is 0 Å². The van der Waals surface area contributed by atoms with E-state index < -0.39 is 0 Å². The van der Waals surface area contributed by atoms with Gasteiger partial charge < -0.3 is 9.47 Å². The van der Waals surface area contributed by atoms with Crippen LogP contribution in [-0.2, 0) is 9.47 Å². The molecule has 0 aliphatic rings. The molecule has 0 atom stereocenters. The first-order valence-corrected chi connectivity index (χ1v) is 12.7. The molecule has 0 bridgehead atoms. The number of unbranched alkanes of at least 4 members (excludes halogenated alkanes) is 2. The molecular formula is C30H36O2S2. The lowest BCUT2D eigenvalue weighted by Gasteiger charge is -2.12. The number of hydrogen-bond donors (Lipinski definition) is 2. The summed E-state index contributed by atoms with van der Waals surface area (Å²) in [7, 11) is 0. The summed E-state index contributed by atoms with van der Waals surface area (Å²) >= 11 is 8.73. The Morgan fingerprint density at radius 1 is 0.765 bits per heavy atom. The Morgan fingerprint density at radius 2 is 1.26 bits per heavy atom. The van der Waals surface area contributed by atoms with Gasteiger partial charge in [-0.3, -0.25) is 0 Å². The van der Waals surface area contributed by atoms with Crippen molar-refractivity contribution in [2.24, 2.45) is 0 Å². The van der Waals surface area contributed by atoms with Crippen LogP contribution in [0.2, 0.25) is 0 Å². The zero-order valence-corrected chi connectivity index (χ0v) is 22.0. The van der Waals surface area contributed by atoms with E-state index in [1.165, 1.54) is 0 Å². The van der Waals surface area contributed by atoms with Crippen LogP contribution in [0.25, 0.3) is 12.2 Å². The molecule has 2 rings (SSSR count). The lowest BCUT2D eigenvalue weighted by molar-refractivity contribution is 0.201. The van der Waals surface area contributed by atoms with E-state index in [4.69, 9.17) is 9.47 Å². The highest BCUT2D eigenvalue weighted by molar-refractivity contribution is 7.80. The van der Waals surface area contributed by atoms with Crippen LogP contribution in [0, 0.1) is 0 Å². The number of allylic oxidation sites excluding steroid dienone is 5. The van der Waals surface area contributed by atoms with Gasteiger partial charge in [0.2, 0.25) is 0 Å². The molecule has 4 heteroatoms. The normalized spacial score (nSPS) is 12.8. The zero-order chi connectivity index (χ0) is 24.6. The molecule has 0 aliphatic carbocycles. The van der Waals surface area contributed by atoms with Crippen LogP contribution in [0.3, 0.4) is 0 Å². The molecule has 0 amide bonds. The quantitative estimate of drug-likeness (QED) is 0.119. The summed E-state index contributed by atoms with van der Waals surface area (Å²) in [6, 6.07) is 16.0. The maximum Gasteiger partial charge on any atom is 0.130 e. The summed E-state index contributed by atoms with van der Waals surface area (Å²) in [6.07, 6.45) is 16.0. The van der Waals surface area contributed by atoms with Crippen LogP contribution in [0.5, 0.6) is 0 Å². The summed E-state index contributed by atoms with van der Waals surface area (Å²) < 4.78 is 12.3. The van der Waals surface area contributed by atoms with Crippen molar-refractivity contribution < 1.29 is 9.47 Å². The van der Waals surface area contributed by atoms with Gasteiger partial charge in [0, 0.05) is 21.4 Å². The fourth-order valence-electron chi connectivity index (χ4n) is 2.92. The predicted octanol–water partition coefficient (Wildman–Crippen LogP) is 8.95. The first-order chi connectivity index (χ1) is 16.5. The monoisotopic (exact) mass is 492 g/mol. The van der Waals surface area contributed by atoms with Gasteiger partial charge in [-0.25, -0.2) is 0 Å². The maximum atomic E-state index is 6.19. The molecule has 0 aromatic heterocycles. The second-order valence-corrected chi connectivity index (χ2v) is 8.86. The van der Waals surface area contributed by atoms with Crippen LogP contribution in [0.1, 0.15) is 50.7 Å². The third kappa shape index (κ3) is 10.6. The predicted molar refractivity (Wildman–Crippen MR) is 152 cm³/mol. The number of rotatable bonds is 14. The number of hydrogen-bond acceptors (Lipinski definition) is 4. The molecule has 0 aliphatic heterocycles. The van der Waals surface area contributed by atoms with Crippen LogP contribution < -0.4 is 0 Å². The van der Waals surface area contributed by atoms with Gasteiger partial charge in [0.15, 0.2) is 0 Å². The molecule has 0 saturated heterocycles. The Morgan fingerprint density at radius 3 is 1.76 bits per heavy atom. The average Bonchev–Trinajstić information content (AvgIpc) is 2.84. The van der Waals surface area contributed by atoms with Gasteiger partial charge in [-0.2, -0.15) is 0 Å². The number of benzene rings is 2. The van der Waals surface area contributed by atoms with E-state index in [2.05, 4.69) is 45.7 Å². The molecule has 180 valence electrons. The smallest absolute Gasteiger partial charge is 0.130 e. The Bertz CT molecular complexity index is 997. The molecule has 34 heavy (non-hydrogen) atoms. The molecule has 0 N–H and O–H groups in total. The second-order valence-electron chi connectivity index (χ2n) is 7.82. The summed E-state index contributed by atoms with van der Waals surface area (Å²) in [6.45, 7) is 9.62. The minimum atomic E-state index is 0.636. The fourth-order valence-corrected chi connectivity index (χ4v) is 3.22. The van der Waals surface area contributed by atoms with Crippen LogP contribution in [0.4, 0.5) is 0 Å². The Hall–Kier alpha value is -2.56. The van der Waals surface area contributed by atoms with Crippen molar-refractivity contribution in [3.05, 3.63) is 108 Å². The fraction of sp³-hybridized carbons (Fsp3) is 0.267. The molecule has 0 heterocycles. The van der Waals surface area contributed by atoms with Gasteiger partial charge in [-0.1, -0.05) is 81.8 Å². The van der Waals surface area contributed by atoms with Gasteiger partial charge in [-0.05, 0) is 54.3 Å². The SMILES string of the molecule is C=CC(/C=C/c1ccc(S)cc1)=C(\C=C(/C=C/c1ccc(S)cc1)OCCCC)OCCCC. The van der Waals surface area contributed by atoms with E-state index in [-0.39, 0.29) is 0 Å². The Labute approximate surface area is 216 Å². The lowest BCUT2D eigenvalue weighted by Crippen LogP contribution is -1.99. The van der Waals surface area contributed by atoms with E-state index >= 15 is 0 Å². The third-order valence-electron chi connectivity index (χ3n) is 4.98. The zero-order valence-electron chi connectivity index (χ0n) is 20.2. The first-order valence-electron chi connectivity index (χ1n) is 11.8. The Balaban J connectivity index is 2.40. The van der Waals surface area contributed by atoms with Gasteiger partial charge in [0.05, 0.1) is 13.2 Å². The van der Waals surface area contributed by atoms with Gasteiger partial charge in [0.1, 0.15) is 11.5 Å². The summed E-state index contributed by atoms with van der Waals surface area (Å²) in [5, 5.41) is 0. The summed E-state index contributed by atoms with van der Waals surface area (Å²) in [5.74, 6) is 1.49. The molecular weight excluding hydrogens is 456 g/mol. The molecule has 0 spiro atoms. The minimum Gasteiger partial charge on any atom is -0.493 e. The third-order valence-corrected chi connectivity index (χ3v) is 5.58. The van der Waals surface area contributed by atoms with Crippen molar-refractivity contribution in [1.82, 2.24) is 0 Å². The van der Waals surface area contributed by atoms with E-state index in [0.29, 0.717) is 13.2 Å². The van der Waals surface area contributed by atoms with Gasteiger partial charge in [0.25, 0.3) is 0 Å². The summed E-state index contributed by atoms with van der Waals surface area (Å²) in [5.41, 5.74) is 3.06. The van der Waals surface area contributed by atoms with Crippen molar-refractivity contribution in [2.45, 2.75) is 49.3 Å². The molecule has 2 aromatic carbocycles. The van der Waals surface area contributed by atoms with Gasteiger partial charge in [-0.15, -0.1) is 25.3 Å². The summed E-state index contributed by atoms with van der Waals surface area (Å²) in [4.78, 5) is 1.88. The Kier molecular flexibility index (Phi) is 13.1. The highest BCUT2D eigenvalue weighted by Crippen LogP contribution is 2.19. The van der Waals surface area contributed by atoms with E-state index in [1.807, 2.05) is 85.0 Å². The standard InChI is InChI=1S/C30H36O2S2/c1-4-7-21-31-27(16-10-25-13-19-29(34)20-14-25)23-30(32-22-8-5-2)26(6-3)15-9-24-11-17-28(33)18-12-24/h6,9-20,23,33-34H,3-5,7-8,21-22H2,1-2H3/b15-9+,16-10+,27-23+,30-26-. The molecule has 0 unspecified atom stereocenters. The van der Waals surface area contributed by atoms with Crippen LogP contribution in [-0.4, -0.2) is 13.2 Å². The molecule has 2 nitrogen and oxygen atoms in total. The molecule has 0 fully saturated rings. The topological polar surface area (TPSA) is 18.5 Å². The minimum absolute atomic E-state index is 0.636. The maximum absolute atomic E-state index is 6.19. The van der Waals surface area contributed by atoms with Crippen molar-refractivity contribution >= 4 is 37.4 Å². The van der Waals surface area contributed by atoms with Crippen molar-refractivity contribution in [2.75, 3.05) is 13.2 Å². The molecule has 0 radical (unpaired) electrons. The lowest BCUT2D eigenvalue weighted by atomic mass is 10.1. The van der Waals surface area contributed by atoms with Crippen LogP contribution >= 0.6 is 25.3 Å². The van der Waals surface area contributed by atoms with E-state index in [1.54, 1.807) is 0 Å². The van der Waals surface area contributed by atoms with Crippen molar-refractivity contribution in [3.8, 4) is 0 Å². The largest absolute Gasteiger partial charge is 0.493 e. The van der Waals surface area contributed by atoms with Crippen LogP contribution in [0.15, 0.2) is 106 Å². The number of thiol groups is 2.